The number of urea groups is 1. The summed E-state index contributed by atoms with van der Waals surface area (Å²) in [7, 11) is 0. The van der Waals surface area contributed by atoms with Gasteiger partial charge in [-0.1, -0.05) is 30.3 Å². The maximum absolute atomic E-state index is 12.4. The third kappa shape index (κ3) is 4.91. The number of rotatable bonds is 5. The highest BCUT2D eigenvalue weighted by Crippen LogP contribution is 2.16. The van der Waals surface area contributed by atoms with Crippen molar-refractivity contribution in [3.8, 4) is 5.75 Å². The Hall–Kier alpha value is -2.69. The van der Waals surface area contributed by atoms with Gasteiger partial charge >= 0.3 is 6.03 Å². The topological polar surface area (TPSA) is 44.8 Å². The molecule has 0 atom stereocenters. The van der Waals surface area contributed by atoms with Gasteiger partial charge in [0.25, 0.3) is 0 Å². The van der Waals surface area contributed by atoms with Crippen LogP contribution in [0, 0.1) is 0 Å². The molecule has 1 saturated heterocycles. The number of ether oxygens (including phenoxy) is 1. The summed E-state index contributed by atoms with van der Waals surface area (Å²) in [6.45, 7) is 7.69. The molecule has 0 saturated carbocycles. The van der Waals surface area contributed by atoms with Gasteiger partial charge in [0.2, 0.25) is 0 Å². The third-order valence-corrected chi connectivity index (χ3v) is 4.40. The SMILES string of the molecule is CC(C)Oc1cccc(CNC(=O)N2CCN(c3ccccc3)CC2)c1. The Morgan fingerprint density at radius 2 is 1.77 bits per heavy atom. The van der Waals surface area contributed by atoms with Crippen molar-refractivity contribution in [2.45, 2.75) is 26.5 Å². The average Bonchev–Trinajstić information content (AvgIpc) is 2.67. The molecule has 1 heterocycles. The van der Waals surface area contributed by atoms with Crippen molar-refractivity contribution in [2.75, 3.05) is 31.1 Å². The van der Waals surface area contributed by atoms with Gasteiger partial charge in [-0.05, 0) is 43.7 Å². The summed E-state index contributed by atoms with van der Waals surface area (Å²) in [6.07, 6.45) is 0.140. The summed E-state index contributed by atoms with van der Waals surface area (Å²) in [5.41, 5.74) is 2.26. The number of nitrogens with one attached hydrogen (secondary N) is 1. The second kappa shape index (κ2) is 8.61. The van der Waals surface area contributed by atoms with Gasteiger partial charge in [-0.25, -0.2) is 4.79 Å². The van der Waals surface area contributed by atoms with E-state index < -0.39 is 0 Å². The molecular weight excluding hydrogens is 326 g/mol. The zero-order valence-corrected chi connectivity index (χ0v) is 15.5. The van der Waals surface area contributed by atoms with E-state index in [1.54, 1.807) is 0 Å². The molecule has 5 heteroatoms. The summed E-state index contributed by atoms with van der Waals surface area (Å²) in [6, 6.07) is 18.2. The predicted octanol–water partition coefficient (Wildman–Crippen LogP) is 3.51. The van der Waals surface area contributed by atoms with Crippen LogP contribution >= 0.6 is 0 Å². The van der Waals surface area contributed by atoms with Crippen LogP contribution in [0.5, 0.6) is 5.75 Å². The summed E-state index contributed by atoms with van der Waals surface area (Å²) in [4.78, 5) is 16.6. The van der Waals surface area contributed by atoms with E-state index in [-0.39, 0.29) is 12.1 Å². The molecule has 0 unspecified atom stereocenters. The van der Waals surface area contributed by atoms with Crippen molar-refractivity contribution in [3.05, 3.63) is 60.2 Å². The molecule has 26 heavy (non-hydrogen) atoms. The van der Waals surface area contributed by atoms with Crippen LogP contribution in [-0.4, -0.2) is 43.2 Å². The number of carbonyl (C=O) groups excluding carboxylic acids is 1. The maximum Gasteiger partial charge on any atom is 0.317 e. The van der Waals surface area contributed by atoms with E-state index in [2.05, 4.69) is 22.3 Å². The highest BCUT2D eigenvalue weighted by molar-refractivity contribution is 5.74. The monoisotopic (exact) mass is 353 g/mol. The Kier molecular flexibility index (Phi) is 6.00. The largest absolute Gasteiger partial charge is 0.491 e. The molecule has 0 spiro atoms. The number of nitrogens with zero attached hydrogens (tertiary/aromatic N) is 2. The van der Waals surface area contributed by atoms with Crippen molar-refractivity contribution < 1.29 is 9.53 Å². The maximum atomic E-state index is 12.4. The number of benzene rings is 2. The lowest BCUT2D eigenvalue weighted by molar-refractivity contribution is 0.194. The van der Waals surface area contributed by atoms with Gasteiger partial charge in [0, 0.05) is 38.4 Å². The van der Waals surface area contributed by atoms with Crippen molar-refractivity contribution in [2.24, 2.45) is 0 Å². The van der Waals surface area contributed by atoms with Crippen molar-refractivity contribution in [1.82, 2.24) is 10.2 Å². The number of anilines is 1. The highest BCUT2D eigenvalue weighted by atomic mass is 16.5. The number of carbonyl (C=O) groups is 1. The predicted molar refractivity (Wildman–Crippen MR) is 105 cm³/mol. The molecule has 138 valence electrons. The van der Waals surface area contributed by atoms with E-state index in [4.69, 9.17) is 4.74 Å². The van der Waals surface area contributed by atoms with Crippen LogP contribution in [0.1, 0.15) is 19.4 Å². The Bertz CT molecular complexity index is 710. The smallest absolute Gasteiger partial charge is 0.317 e. The van der Waals surface area contributed by atoms with Crippen LogP contribution < -0.4 is 15.0 Å². The van der Waals surface area contributed by atoms with Gasteiger partial charge in [-0.2, -0.15) is 0 Å². The molecule has 1 aliphatic heterocycles. The fourth-order valence-electron chi connectivity index (χ4n) is 3.10. The van der Waals surface area contributed by atoms with Crippen LogP contribution in [0.25, 0.3) is 0 Å². The molecule has 1 aliphatic rings. The van der Waals surface area contributed by atoms with E-state index in [0.29, 0.717) is 6.54 Å². The Morgan fingerprint density at radius 3 is 2.46 bits per heavy atom. The fraction of sp³-hybridized carbons (Fsp3) is 0.381. The van der Waals surface area contributed by atoms with E-state index in [9.17, 15) is 4.79 Å². The summed E-state index contributed by atoms with van der Waals surface area (Å²) in [5.74, 6) is 0.836. The van der Waals surface area contributed by atoms with Crippen LogP contribution in [0.4, 0.5) is 10.5 Å². The minimum atomic E-state index is -0.00658. The van der Waals surface area contributed by atoms with Crippen molar-refractivity contribution in [1.29, 1.82) is 0 Å². The van der Waals surface area contributed by atoms with Crippen LogP contribution in [-0.2, 0) is 6.54 Å². The molecule has 1 N–H and O–H groups in total. The first-order valence-corrected chi connectivity index (χ1v) is 9.20. The third-order valence-electron chi connectivity index (χ3n) is 4.40. The quantitative estimate of drug-likeness (QED) is 0.895. The number of para-hydroxylation sites is 1. The molecule has 2 aromatic rings. The molecule has 2 aromatic carbocycles. The number of amides is 2. The molecule has 1 fully saturated rings. The zero-order valence-electron chi connectivity index (χ0n) is 15.5. The minimum absolute atomic E-state index is 0.00658. The Morgan fingerprint density at radius 1 is 1.04 bits per heavy atom. The molecule has 0 bridgehead atoms. The second-order valence-corrected chi connectivity index (χ2v) is 6.78. The molecule has 5 nitrogen and oxygen atoms in total. The van der Waals surface area contributed by atoms with Gasteiger partial charge in [0.05, 0.1) is 6.10 Å². The molecule has 0 radical (unpaired) electrons. The normalized spacial score (nSPS) is 14.4. The van der Waals surface area contributed by atoms with Gasteiger partial charge in [-0.3, -0.25) is 0 Å². The lowest BCUT2D eigenvalue weighted by Gasteiger charge is -2.36. The number of piperazine rings is 1. The standard InChI is InChI=1S/C21H27N3O2/c1-17(2)26-20-10-6-7-18(15-20)16-22-21(25)24-13-11-23(12-14-24)19-8-4-3-5-9-19/h3-10,15,17H,11-14,16H2,1-2H3,(H,22,25). The molecule has 3 rings (SSSR count). The van der Waals surface area contributed by atoms with Crippen molar-refractivity contribution >= 4 is 11.7 Å². The molecule has 2 amide bonds. The highest BCUT2D eigenvalue weighted by Gasteiger charge is 2.20. The van der Waals surface area contributed by atoms with E-state index >= 15 is 0 Å². The number of hydrogen-bond donors (Lipinski definition) is 1. The van der Waals surface area contributed by atoms with Gasteiger partial charge in [0.15, 0.2) is 0 Å². The van der Waals surface area contributed by atoms with Gasteiger partial charge in [-0.15, -0.1) is 0 Å². The molecule has 0 aliphatic carbocycles. The summed E-state index contributed by atoms with van der Waals surface area (Å²) < 4.78 is 5.70. The lowest BCUT2D eigenvalue weighted by atomic mass is 10.2. The van der Waals surface area contributed by atoms with Crippen LogP contribution in [0.3, 0.4) is 0 Å². The molecule has 0 aromatic heterocycles. The minimum Gasteiger partial charge on any atom is -0.491 e. The first kappa shape index (κ1) is 18.1. The van der Waals surface area contributed by atoms with E-state index in [0.717, 1.165) is 37.5 Å². The summed E-state index contributed by atoms with van der Waals surface area (Å²) in [5, 5.41) is 3.02. The van der Waals surface area contributed by atoms with Gasteiger partial charge in [0.1, 0.15) is 5.75 Å². The zero-order chi connectivity index (χ0) is 18.4. The van der Waals surface area contributed by atoms with Crippen molar-refractivity contribution in [3.63, 3.8) is 0 Å². The average molecular weight is 353 g/mol. The number of hydrogen-bond acceptors (Lipinski definition) is 3. The van der Waals surface area contributed by atoms with Crippen LogP contribution in [0.15, 0.2) is 54.6 Å². The van der Waals surface area contributed by atoms with E-state index in [1.807, 2.05) is 61.2 Å². The Balaban J connectivity index is 1.47. The first-order valence-electron chi connectivity index (χ1n) is 9.20. The second-order valence-electron chi connectivity index (χ2n) is 6.78. The summed E-state index contributed by atoms with van der Waals surface area (Å²) >= 11 is 0. The van der Waals surface area contributed by atoms with Gasteiger partial charge < -0.3 is 19.9 Å². The first-order chi connectivity index (χ1) is 12.6. The Labute approximate surface area is 155 Å². The lowest BCUT2D eigenvalue weighted by Crippen LogP contribution is -2.51. The fourth-order valence-corrected chi connectivity index (χ4v) is 3.10. The van der Waals surface area contributed by atoms with Crippen LogP contribution in [0.2, 0.25) is 0 Å². The molecular formula is C21H27N3O2. The van der Waals surface area contributed by atoms with E-state index in [1.165, 1.54) is 5.69 Å².